The van der Waals surface area contributed by atoms with Gasteiger partial charge in [-0.05, 0) is 103 Å². The van der Waals surface area contributed by atoms with Crippen LogP contribution in [-0.4, -0.2) is 121 Å². The Kier molecular flexibility index (Phi) is 13.1. The van der Waals surface area contributed by atoms with Gasteiger partial charge in [-0.3, -0.25) is 19.1 Å². The van der Waals surface area contributed by atoms with Crippen LogP contribution in [0.1, 0.15) is 93.4 Å². The summed E-state index contributed by atoms with van der Waals surface area (Å²) in [5, 5.41) is 6.61. The number of sulfonamides is 1. The van der Waals surface area contributed by atoms with E-state index in [0.29, 0.717) is 70.2 Å². The number of alkyl halides is 3. The summed E-state index contributed by atoms with van der Waals surface area (Å²) in [5.74, 6) is -2.95. The van der Waals surface area contributed by atoms with Crippen molar-refractivity contribution in [3.8, 4) is 11.6 Å². The first-order valence-electron chi connectivity index (χ1n) is 22.3. The van der Waals surface area contributed by atoms with Crippen molar-refractivity contribution in [1.29, 1.82) is 0 Å². The molecule has 7 rings (SSSR count). The second kappa shape index (κ2) is 17.8. The van der Waals surface area contributed by atoms with Gasteiger partial charge >= 0.3 is 12.3 Å². The summed E-state index contributed by atoms with van der Waals surface area (Å²) >= 11 is 0. The van der Waals surface area contributed by atoms with E-state index in [9.17, 15) is 40.8 Å². The summed E-state index contributed by atoms with van der Waals surface area (Å²) in [6.07, 6.45) is 0.149. The lowest BCUT2D eigenvalue weighted by Gasteiger charge is -2.37. The number of ether oxygens (including phenoxy) is 4. The van der Waals surface area contributed by atoms with Gasteiger partial charge in [-0.1, -0.05) is 26.0 Å². The smallest absolute Gasteiger partial charge is 0.427 e. The standard InChI is InChI=1S/C45H61F3N6O10S/c1-25-11-9-10-12-29-20-44(29,40(57)52-65(59,60)43(7)15-16-43)51-37(55)34-19-31(24-54(34)39(56)36(26(2)17-25)50-41(58)64-42(5,6)45(46,47)48)63-38-32-14-13-30(61-8)18-33(32)35(21-49-38)53-22-27(3)62-28(4)23-53/h10,12-14,18,21,25-29,31,34,36H,9,11,15-17,19-20,22-24H2,1-8H3,(H,50,58)(H,51,55)(H,52,57)/t25-,26-,27-,28+,29-,31-,34+,36+,44-/m1/s1. The van der Waals surface area contributed by atoms with Gasteiger partial charge in [0.1, 0.15) is 29.5 Å². The van der Waals surface area contributed by atoms with Gasteiger partial charge < -0.3 is 39.4 Å². The number of fused-ring (bicyclic) bond motifs is 3. The van der Waals surface area contributed by atoms with Crippen LogP contribution in [-0.2, 0) is 33.9 Å². The minimum absolute atomic E-state index is 0.0498. The molecule has 16 nitrogen and oxygen atoms in total. The van der Waals surface area contributed by atoms with E-state index in [4.69, 9.17) is 23.9 Å². The van der Waals surface area contributed by atoms with Crippen LogP contribution in [0.5, 0.6) is 11.6 Å². The molecule has 4 amide bonds. The molecule has 2 aliphatic carbocycles. The predicted octanol–water partition coefficient (Wildman–Crippen LogP) is 5.53. The van der Waals surface area contributed by atoms with Crippen LogP contribution < -0.4 is 29.7 Å². The molecule has 1 aromatic carbocycles. The van der Waals surface area contributed by atoms with Crippen molar-refractivity contribution in [2.24, 2.45) is 17.8 Å². The Bertz CT molecular complexity index is 2320. The van der Waals surface area contributed by atoms with Gasteiger partial charge in [0.15, 0.2) is 0 Å². The third kappa shape index (κ3) is 9.98. The highest BCUT2D eigenvalue weighted by Gasteiger charge is 2.63. The van der Waals surface area contributed by atoms with Gasteiger partial charge in [-0.25, -0.2) is 18.2 Å². The number of hydrogen-bond acceptors (Lipinski definition) is 12. The Balaban J connectivity index is 1.24. The number of carbonyl (C=O) groups is 4. The lowest BCUT2D eigenvalue weighted by Crippen LogP contribution is -2.59. The zero-order chi connectivity index (χ0) is 47.4. The van der Waals surface area contributed by atoms with Gasteiger partial charge in [-0.15, -0.1) is 0 Å². The normalized spacial score (nSPS) is 30.8. The molecule has 3 aliphatic heterocycles. The van der Waals surface area contributed by atoms with Crippen molar-refractivity contribution >= 4 is 50.3 Å². The number of benzene rings is 1. The minimum atomic E-state index is -4.92. The van der Waals surface area contributed by atoms with Crippen molar-refractivity contribution in [1.82, 2.24) is 25.2 Å². The molecule has 358 valence electrons. The van der Waals surface area contributed by atoms with Crippen LogP contribution in [0.4, 0.5) is 23.7 Å². The topological polar surface area (TPSA) is 195 Å². The highest BCUT2D eigenvalue weighted by Crippen LogP contribution is 2.48. The second-order valence-electron chi connectivity index (χ2n) is 19.5. The number of morpholine rings is 1. The maximum Gasteiger partial charge on any atom is 0.427 e. The number of rotatable bonds is 9. The molecule has 0 unspecified atom stereocenters. The molecule has 65 heavy (non-hydrogen) atoms. The van der Waals surface area contributed by atoms with Crippen LogP contribution in [0.15, 0.2) is 36.5 Å². The maximum absolute atomic E-state index is 15.0. The zero-order valence-electron chi connectivity index (χ0n) is 38.1. The number of amides is 4. The molecule has 0 spiro atoms. The molecule has 4 fully saturated rings. The number of methoxy groups -OCH3 is 1. The molecular weight excluding hydrogens is 874 g/mol. The van der Waals surface area contributed by atoms with Crippen molar-refractivity contribution in [3.05, 3.63) is 36.5 Å². The first-order chi connectivity index (χ1) is 30.4. The first-order valence-corrected chi connectivity index (χ1v) is 23.8. The number of allylic oxidation sites excluding steroid dienone is 1. The second-order valence-corrected chi connectivity index (χ2v) is 21.7. The Labute approximate surface area is 377 Å². The van der Waals surface area contributed by atoms with Crippen LogP contribution >= 0.6 is 0 Å². The maximum atomic E-state index is 15.0. The third-order valence-electron chi connectivity index (χ3n) is 13.6. The lowest BCUT2D eigenvalue weighted by atomic mass is 9.88. The van der Waals surface area contributed by atoms with Gasteiger partial charge in [0.05, 0.1) is 42.5 Å². The Hall–Kier alpha value is -4.85. The van der Waals surface area contributed by atoms with Crippen LogP contribution in [0, 0.1) is 17.8 Å². The quantitative estimate of drug-likeness (QED) is 0.267. The fourth-order valence-electron chi connectivity index (χ4n) is 9.23. The summed E-state index contributed by atoms with van der Waals surface area (Å²) in [7, 11) is -2.54. The van der Waals surface area contributed by atoms with E-state index in [-0.39, 0.29) is 43.4 Å². The summed E-state index contributed by atoms with van der Waals surface area (Å²) in [6.45, 7) is 11.5. The molecule has 20 heteroatoms. The Morgan fingerprint density at radius 1 is 1.02 bits per heavy atom. The Morgan fingerprint density at radius 3 is 2.35 bits per heavy atom. The van der Waals surface area contributed by atoms with Crippen molar-refractivity contribution in [2.75, 3.05) is 31.6 Å². The number of alkyl carbamates (subject to hydrolysis) is 1. The van der Waals surface area contributed by atoms with E-state index in [1.165, 1.54) is 4.90 Å². The fraction of sp³-hybridized carbons (Fsp3) is 0.667. The SMILES string of the molecule is COc1ccc2c(O[C@@H]3C[C@H]4C(=O)N[C@]5(C(=O)NS(=O)(=O)C6(C)CC6)C[C@H]5C=CCC[C@@H](C)C[C@@H](C)[C@H](NC(=O)OC(C)(C)C(F)(F)F)C(=O)N4C3)ncc(N3C[C@@H](C)O[C@@H](C)C3)c2c1. The zero-order valence-corrected chi connectivity index (χ0v) is 38.9. The van der Waals surface area contributed by atoms with E-state index in [1.807, 2.05) is 32.9 Å². The molecular formula is C45H61F3N6O10S. The summed E-state index contributed by atoms with van der Waals surface area (Å²) < 4.78 is 92.3. The van der Waals surface area contributed by atoms with Gasteiger partial charge in [-0.2, -0.15) is 13.2 Å². The summed E-state index contributed by atoms with van der Waals surface area (Å²) in [4.78, 5) is 65.1. The fourth-order valence-corrected chi connectivity index (χ4v) is 10.5. The van der Waals surface area contributed by atoms with Crippen molar-refractivity contribution in [3.63, 3.8) is 0 Å². The number of halogens is 3. The molecule has 2 saturated heterocycles. The summed E-state index contributed by atoms with van der Waals surface area (Å²) in [6, 6.07) is 2.63. The van der Waals surface area contributed by atoms with E-state index in [1.54, 1.807) is 45.4 Å². The lowest BCUT2D eigenvalue weighted by molar-refractivity contribution is -0.244. The van der Waals surface area contributed by atoms with E-state index < -0.39 is 85.9 Å². The van der Waals surface area contributed by atoms with Crippen LogP contribution in [0.25, 0.3) is 10.8 Å². The first kappa shape index (κ1) is 48.1. The number of pyridine rings is 1. The summed E-state index contributed by atoms with van der Waals surface area (Å²) in [5.41, 5.74) is -3.75. The monoisotopic (exact) mass is 934 g/mol. The average molecular weight is 935 g/mol. The average Bonchev–Trinajstić information content (AvgIpc) is 4.10. The van der Waals surface area contributed by atoms with Crippen molar-refractivity contribution in [2.45, 2.75) is 146 Å². The van der Waals surface area contributed by atoms with Gasteiger partial charge in [0.2, 0.25) is 33.3 Å². The number of carbonyl (C=O) groups excluding carboxylic acids is 4. The van der Waals surface area contributed by atoms with Crippen LogP contribution in [0.2, 0.25) is 0 Å². The number of nitrogens with one attached hydrogen (secondary N) is 3. The van der Waals surface area contributed by atoms with Crippen LogP contribution in [0.3, 0.4) is 0 Å². The molecule has 3 N–H and O–H groups in total. The third-order valence-corrected chi connectivity index (χ3v) is 15.8. The van der Waals surface area contributed by atoms with E-state index in [2.05, 4.69) is 20.3 Å². The molecule has 5 aliphatic rings. The molecule has 0 bridgehead atoms. The number of hydrogen-bond donors (Lipinski definition) is 3. The van der Waals surface area contributed by atoms with Crippen molar-refractivity contribution < 1.29 is 59.7 Å². The van der Waals surface area contributed by atoms with Gasteiger partial charge in [0.25, 0.3) is 5.91 Å². The van der Waals surface area contributed by atoms with E-state index >= 15 is 0 Å². The Morgan fingerprint density at radius 2 is 1.71 bits per heavy atom. The highest BCUT2D eigenvalue weighted by atomic mass is 32.2. The largest absolute Gasteiger partial charge is 0.497 e. The number of nitrogens with zero attached hydrogens (tertiary/aromatic N) is 3. The number of anilines is 1. The molecule has 2 aromatic rings. The molecule has 1 aromatic heterocycles. The molecule has 2 saturated carbocycles. The van der Waals surface area contributed by atoms with E-state index in [0.717, 1.165) is 11.1 Å². The minimum Gasteiger partial charge on any atom is -0.497 e. The molecule has 4 heterocycles. The highest BCUT2D eigenvalue weighted by molar-refractivity contribution is 7.91. The predicted molar refractivity (Wildman–Crippen MR) is 234 cm³/mol. The molecule has 0 radical (unpaired) electrons. The van der Waals surface area contributed by atoms with Gasteiger partial charge in [0, 0.05) is 36.2 Å². The number of aromatic nitrogens is 1. The molecule has 9 atom stereocenters.